The fourth-order valence-corrected chi connectivity index (χ4v) is 3.29. The van der Waals surface area contributed by atoms with Crippen molar-refractivity contribution in [3.05, 3.63) is 59.9 Å². The predicted molar refractivity (Wildman–Crippen MR) is 102 cm³/mol. The molecule has 2 heterocycles. The van der Waals surface area contributed by atoms with E-state index in [1.165, 1.54) is 0 Å². The van der Waals surface area contributed by atoms with Gasteiger partial charge in [0.05, 0.1) is 12.2 Å². The summed E-state index contributed by atoms with van der Waals surface area (Å²) >= 11 is 0. The van der Waals surface area contributed by atoms with Gasteiger partial charge in [0.25, 0.3) is 5.89 Å². The monoisotopic (exact) mass is 363 g/mol. The molecule has 1 atom stereocenters. The van der Waals surface area contributed by atoms with Crippen LogP contribution in [0.5, 0.6) is 5.75 Å². The lowest BCUT2D eigenvalue weighted by atomic mass is 10.1. The molecule has 1 amide bonds. The first-order valence-electron chi connectivity index (χ1n) is 9.08. The molecule has 0 spiro atoms. The van der Waals surface area contributed by atoms with Crippen LogP contribution in [0.2, 0.25) is 0 Å². The Kier molecular flexibility index (Phi) is 4.62. The second-order valence-corrected chi connectivity index (χ2v) is 6.63. The van der Waals surface area contributed by atoms with Crippen molar-refractivity contribution in [1.29, 1.82) is 0 Å². The van der Waals surface area contributed by atoms with Crippen LogP contribution in [0.4, 0.5) is 5.69 Å². The lowest BCUT2D eigenvalue weighted by Gasteiger charge is -2.16. The van der Waals surface area contributed by atoms with Crippen LogP contribution in [0.3, 0.4) is 0 Å². The maximum atomic E-state index is 12.5. The molecule has 0 N–H and O–H groups in total. The van der Waals surface area contributed by atoms with Crippen molar-refractivity contribution in [3.63, 3.8) is 0 Å². The maximum Gasteiger partial charge on any atom is 0.261 e. The quantitative estimate of drug-likeness (QED) is 0.686. The van der Waals surface area contributed by atoms with Gasteiger partial charge >= 0.3 is 0 Å². The molecule has 27 heavy (non-hydrogen) atoms. The molecule has 0 radical (unpaired) electrons. The number of carbonyl (C=O) groups is 1. The van der Waals surface area contributed by atoms with E-state index in [0.29, 0.717) is 37.0 Å². The zero-order chi connectivity index (χ0) is 18.8. The highest BCUT2D eigenvalue weighted by atomic mass is 16.5. The summed E-state index contributed by atoms with van der Waals surface area (Å²) in [7, 11) is 0. The van der Waals surface area contributed by atoms with Gasteiger partial charge < -0.3 is 14.2 Å². The molecule has 2 aromatic carbocycles. The molecule has 1 aliphatic heterocycles. The Morgan fingerprint density at radius 1 is 1.19 bits per heavy atom. The van der Waals surface area contributed by atoms with E-state index < -0.39 is 0 Å². The number of ether oxygens (including phenoxy) is 1. The number of para-hydroxylation sites is 1. The van der Waals surface area contributed by atoms with Crippen LogP contribution >= 0.6 is 0 Å². The minimum absolute atomic E-state index is 0.0740. The summed E-state index contributed by atoms with van der Waals surface area (Å²) < 4.78 is 11.1. The van der Waals surface area contributed by atoms with E-state index in [9.17, 15) is 4.79 Å². The van der Waals surface area contributed by atoms with E-state index in [0.717, 1.165) is 16.8 Å². The number of carbonyl (C=O) groups excluding carboxylic acids is 1. The first-order valence-corrected chi connectivity index (χ1v) is 9.08. The summed E-state index contributed by atoms with van der Waals surface area (Å²) in [6.45, 7) is 5.06. The molecule has 1 aliphatic rings. The molecule has 4 rings (SSSR count). The molecule has 138 valence electrons. The molecule has 6 nitrogen and oxygen atoms in total. The lowest BCUT2D eigenvalue weighted by Crippen LogP contribution is -2.24. The second kappa shape index (κ2) is 7.23. The van der Waals surface area contributed by atoms with Crippen molar-refractivity contribution in [2.24, 2.45) is 0 Å². The molecular formula is C21H21N3O3. The van der Waals surface area contributed by atoms with Crippen molar-refractivity contribution in [1.82, 2.24) is 10.1 Å². The first-order chi connectivity index (χ1) is 13.2. The molecule has 1 aromatic heterocycles. The number of hydrogen-bond acceptors (Lipinski definition) is 5. The maximum absolute atomic E-state index is 12.5. The summed E-state index contributed by atoms with van der Waals surface area (Å²) in [6.07, 6.45) is 0.375. The highest BCUT2D eigenvalue weighted by Gasteiger charge is 2.34. The average Bonchev–Trinajstić information content (AvgIpc) is 3.30. The van der Waals surface area contributed by atoms with Gasteiger partial charge in [-0.05, 0) is 38.1 Å². The molecule has 3 aromatic rings. The molecule has 0 unspecified atom stereocenters. The van der Waals surface area contributed by atoms with Gasteiger partial charge in [-0.3, -0.25) is 4.79 Å². The summed E-state index contributed by atoms with van der Waals surface area (Å²) in [5, 5.41) is 4.13. The molecule has 0 aliphatic carbocycles. The number of benzene rings is 2. The van der Waals surface area contributed by atoms with Crippen LogP contribution in [-0.4, -0.2) is 29.2 Å². The van der Waals surface area contributed by atoms with Gasteiger partial charge in [0.15, 0.2) is 5.82 Å². The second-order valence-electron chi connectivity index (χ2n) is 6.63. The minimum Gasteiger partial charge on any atom is -0.493 e. The van der Waals surface area contributed by atoms with Crippen LogP contribution in [0.25, 0.3) is 11.5 Å². The summed E-state index contributed by atoms with van der Waals surface area (Å²) in [5.41, 5.74) is 2.83. The van der Waals surface area contributed by atoms with Crippen molar-refractivity contribution in [2.75, 3.05) is 18.1 Å². The van der Waals surface area contributed by atoms with Gasteiger partial charge in [0.2, 0.25) is 5.91 Å². The Morgan fingerprint density at radius 3 is 2.74 bits per heavy atom. The summed E-state index contributed by atoms with van der Waals surface area (Å²) in [6, 6.07) is 15.5. The number of nitrogens with zero attached hydrogens (tertiary/aromatic N) is 3. The van der Waals surface area contributed by atoms with E-state index in [1.807, 2.05) is 62.4 Å². The minimum atomic E-state index is -0.0874. The van der Waals surface area contributed by atoms with E-state index in [4.69, 9.17) is 9.26 Å². The van der Waals surface area contributed by atoms with Crippen molar-refractivity contribution in [2.45, 2.75) is 26.2 Å². The summed E-state index contributed by atoms with van der Waals surface area (Å²) in [4.78, 5) is 18.8. The number of hydrogen-bond donors (Lipinski definition) is 0. The van der Waals surface area contributed by atoms with Gasteiger partial charge in [0.1, 0.15) is 5.75 Å². The SMILES string of the molecule is CCOc1ccccc1-c1nc([C@H]2CC(=O)N(c3ccc(C)cc3)C2)no1. The Morgan fingerprint density at radius 2 is 1.96 bits per heavy atom. The smallest absolute Gasteiger partial charge is 0.261 e. The van der Waals surface area contributed by atoms with E-state index in [-0.39, 0.29) is 11.8 Å². The Hall–Kier alpha value is -3.15. The third-order valence-electron chi connectivity index (χ3n) is 4.69. The van der Waals surface area contributed by atoms with Crippen molar-refractivity contribution < 1.29 is 14.1 Å². The van der Waals surface area contributed by atoms with Crippen LogP contribution < -0.4 is 9.64 Å². The standard InChI is InChI=1S/C21H21N3O3/c1-3-26-18-7-5-4-6-17(18)21-22-20(23-27-21)15-12-19(25)24(13-15)16-10-8-14(2)9-11-16/h4-11,15H,3,12-13H2,1-2H3/t15-/m0/s1. The van der Waals surface area contributed by atoms with Crippen molar-refractivity contribution >= 4 is 11.6 Å². The van der Waals surface area contributed by atoms with Gasteiger partial charge in [-0.2, -0.15) is 4.98 Å². The Bertz CT molecular complexity index is 949. The largest absolute Gasteiger partial charge is 0.493 e. The average molecular weight is 363 g/mol. The van der Waals surface area contributed by atoms with E-state index >= 15 is 0 Å². The first kappa shape index (κ1) is 17.3. The van der Waals surface area contributed by atoms with Crippen molar-refractivity contribution in [3.8, 4) is 17.2 Å². The normalized spacial score (nSPS) is 16.7. The zero-order valence-corrected chi connectivity index (χ0v) is 15.4. The number of amides is 1. The van der Waals surface area contributed by atoms with Crippen LogP contribution in [0.15, 0.2) is 53.1 Å². The van der Waals surface area contributed by atoms with E-state index in [1.54, 1.807) is 4.90 Å². The summed E-state index contributed by atoms with van der Waals surface area (Å²) in [5.74, 6) is 1.66. The number of aryl methyl sites for hydroxylation is 1. The zero-order valence-electron chi connectivity index (χ0n) is 15.4. The molecule has 0 saturated carbocycles. The van der Waals surface area contributed by atoms with Crippen LogP contribution in [0.1, 0.15) is 30.7 Å². The molecule has 1 fully saturated rings. The molecule has 6 heteroatoms. The Labute approximate surface area is 157 Å². The highest BCUT2D eigenvalue weighted by molar-refractivity contribution is 5.96. The number of aromatic nitrogens is 2. The van der Waals surface area contributed by atoms with Gasteiger partial charge in [-0.15, -0.1) is 0 Å². The fourth-order valence-electron chi connectivity index (χ4n) is 3.29. The Balaban J connectivity index is 1.56. The third kappa shape index (κ3) is 3.43. The van der Waals surface area contributed by atoms with E-state index in [2.05, 4.69) is 10.1 Å². The highest BCUT2D eigenvalue weighted by Crippen LogP contribution is 2.33. The van der Waals surface area contributed by atoms with Gasteiger partial charge in [0, 0.05) is 24.6 Å². The van der Waals surface area contributed by atoms with Gasteiger partial charge in [-0.25, -0.2) is 0 Å². The molecule has 0 bridgehead atoms. The topological polar surface area (TPSA) is 68.5 Å². The predicted octanol–water partition coefficient (Wildman–Crippen LogP) is 3.96. The third-order valence-corrected chi connectivity index (χ3v) is 4.69. The number of rotatable bonds is 5. The van der Waals surface area contributed by atoms with Crippen LogP contribution in [0, 0.1) is 6.92 Å². The fraction of sp³-hybridized carbons (Fsp3) is 0.286. The number of anilines is 1. The molecular weight excluding hydrogens is 342 g/mol. The van der Waals surface area contributed by atoms with Crippen LogP contribution in [-0.2, 0) is 4.79 Å². The lowest BCUT2D eigenvalue weighted by molar-refractivity contribution is -0.117. The molecule has 1 saturated heterocycles. The van der Waals surface area contributed by atoms with Gasteiger partial charge in [-0.1, -0.05) is 35.0 Å².